The van der Waals surface area contributed by atoms with Crippen molar-refractivity contribution in [1.82, 2.24) is 0 Å². The van der Waals surface area contributed by atoms with Crippen LogP contribution in [-0.4, -0.2) is 13.6 Å². The SMILES string of the molecule is CN(c1ccc(F)cc1)c1cc(Br)ccc1CCN. The lowest BCUT2D eigenvalue weighted by atomic mass is 10.1. The molecule has 0 unspecified atom stereocenters. The summed E-state index contributed by atoms with van der Waals surface area (Å²) in [5, 5.41) is 0. The molecular formula is C15H16BrFN2. The van der Waals surface area contributed by atoms with E-state index in [1.165, 1.54) is 17.7 Å². The number of rotatable bonds is 4. The van der Waals surface area contributed by atoms with Gasteiger partial charge in [0.1, 0.15) is 5.82 Å². The first-order chi connectivity index (χ1) is 9.11. The van der Waals surface area contributed by atoms with Crippen molar-refractivity contribution in [2.24, 2.45) is 5.73 Å². The molecule has 0 aliphatic carbocycles. The molecule has 2 rings (SSSR count). The largest absolute Gasteiger partial charge is 0.344 e. The third-order valence-electron chi connectivity index (χ3n) is 3.04. The predicted molar refractivity (Wildman–Crippen MR) is 81.4 cm³/mol. The summed E-state index contributed by atoms with van der Waals surface area (Å²) in [7, 11) is 1.97. The zero-order valence-electron chi connectivity index (χ0n) is 10.7. The van der Waals surface area contributed by atoms with E-state index in [1.54, 1.807) is 12.1 Å². The van der Waals surface area contributed by atoms with Crippen molar-refractivity contribution >= 4 is 27.3 Å². The molecule has 19 heavy (non-hydrogen) atoms. The van der Waals surface area contributed by atoms with E-state index < -0.39 is 0 Å². The molecule has 2 N–H and O–H groups in total. The number of halogens is 2. The minimum Gasteiger partial charge on any atom is -0.344 e. The molecule has 2 nitrogen and oxygen atoms in total. The first-order valence-corrected chi connectivity index (χ1v) is 6.89. The summed E-state index contributed by atoms with van der Waals surface area (Å²) in [5.41, 5.74) is 8.84. The van der Waals surface area contributed by atoms with Crippen molar-refractivity contribution in [2.75, 3.05) is 18.5 Å². The summed E-state index contributed by atoms with van der Waals surface area (Å²) in [6.07, 6.45) is 0.814. The number of hydrogen-bond donors (Lipinski definition) is 1. The van der Waals surface area contributed by atoms with Crippen LogP contribution >= 0.6 is 15.9 Å². The Balaban J connectivity index is 2.39. The van der Waals surface area contributed by atoms with Gasteiger partial charge in [-0.3, -0.25) is 0 Å². The Kier molecular flexibility index (Phi) is 4.56. The van der Waals surface area contributed by atoms with Crippen LogP contribution in [0.1, 0.15) is 5.56 Å². The molecule has 100 valence electrons. The zero-order valence-corrected chi connectivity index (χ0v) is 12.3. The predicted octanol–water partition coefficient (Wildman–Crippen LogP) is 3.86. The maximum absolute atomic E-state index is 13.0. The Labute approximate surface area is 121 Å². The molecule has 0 spiro atoms. The number of benzene rings is 2. The van der Waals surface area contributed by atoms with Gasteiger partial charge in [-0.2, -0.15) is 0 Å². The molecule has 0 aromatic heterocycles. The number of hydrogen-bond acceptors (Lipinski definition) is 2. The van der Waals surface area contributed by atoms with Gasteiger partial charge in [0.25, 0.3) is 0 Å². The third-order valence-corrected chi connectivity index (χ3v) is 3.53. The Morgan fingerprint density at radius 3 is 2.47 bits per heavy atom. The fourth-order valence-corrected chi connectivity index (χ4v) is 2.37. The molecule has 4 heteroatoms. The van der Waals surface area contributed by atoms with Crippen LogP contribution in [0.4, 0.5) is 15.8 Å². The second kappa shape index (κ2) is 6.17. The Bertz CT molecular complexity index is 555. The van der Waals surface area contributed by atoms with E-state index in [9.17, 15) is 4.39 Å². The van der Waals surface area contributed by atoms with Gasteiger partial charge >= 0.3 is 0 Å². The second-order valence-corrected chi connectivity index (χ2v) is 5.26. The van der Waals surface area contributed by atoms with Gasteiger partial charge in [-0.1, -0.05) is 22.0 Å². The Morgan fingerprint density at radius 2 is 1.84 bits per heavy atom. The highest BCUT2D eigenvalue weighted by Crippen LogP contribution is 2.30. The molecule has 0 fully saturated rings. The highest BCUT2D eigenvalue weighted by molar-refractivity contribution is 9.10. The van der Waals surface area contributed by atoms with Gasteiger partial charge in [0.2, 0.25) is 0 Å². The van der Waals surface area contributed by atoms with Crippen LogP contribution in [0.25, 0.3) is 0 Å². The third kappa shape index (κ3) is 3.33. The monoisotopic (exact) mass is 322 g/mol. The molecule has 0 amide bonds. The first kappa shape index (κ1) is 14.0. The minimum atomic E-state index is -0.228. The van der Waals surface area contributed by atoms with Gasteiger partial charge < -0.3 is 10.6 Å². The average Bonchev–Trinajstić information content (AvgIpc) is 2.41. The first-order valence-electron chi connectivity index (χ1n) is 6.09. The van der Waals surface area contributed by atoms with Crippen molar-refractivity contribution in [3.63, 3.8) is 0 Å². The molecule has 2 aromatic rings. The quantitative estimate of drug-likeness (QED) is 0.926. The van der Waals surface area contributed by atoms with E-state index in [1.807, 2.05) is 24.1 Å². The van der Waals surface area contributed by atoms with Crippen molar-refractivity contribution in [3.05, 3.63) is 58.3 Å². The molecule has 0 saturated heterocycles. The van der Waals surface area contributed by atoms with E-state index in [4.69, 9.17) is 5.73 Å². The minimum absolute atomic E-state index is 0.228. The molecule has 0 radical (unpaired) electrons. The van der Waals surface area contributed by atoms with E-state index in [0.29, 0.717) is 6.54 Å². The number of nitrogens with zero attached hydrogens (tertiary/aromatic N) is 1. The van der Waals surface area contributed by atoms with Crippen LogP contribution in [0, 0.1) is 5.82 Å². The molecule has 0 bridgehead atoms. The smallest absolute Gasteiger partial charge is 0.123 e. The van der Waals surface area contributed by atoms with Gasteiger partial charge in [-0.25, -0.2) is 4.39 Å². The van der Waals surface area contributed by atoms with Crippen LogP contribution in [0.3, 0.4) is 0 Å². The maximum Gasteiger partial charge on any atom is 0.123 e. The van der Waals surface area contributed by atoms with Gasteiger partial charge in [0, 0.05) is 22.9 Å². The standard InChI is InChI=1S/C15H16BrFN2/c1-19(14-6-4-13(17)5-7-14)15-10-12(16)3-2-11(15)8-9-18/h2-7,10H,8-9,18H2,1H3. The average molecular weight is 323 g/mol. The molecule has 0 saturated carbocycles. The molecule has 0 heterocycles. The summed E-state index contributed by atoms with van der Waals surface area (Å²) < 4.78 is 14.0. The maximum atomic E-state index is 13.0. The van der Waals surface area contributed by atoms with Crippen molar-refractivity contribution < 1.29 is 4.39 Å². The lowest BCUT2D eigenvalue weighted by Crippen LogP contribution is -2.13. The Morgan fingerprint density at radius 1 is 1.16 bits per heavy atom. The molecule has 2 aromatic carbocycles. The lowest BCUT2D eigenvalue weighted by molar-refractivity contribution is 0.628. The zero-order chi connectivity index (χ0) is 13.8. The molecule has 0 atom stereocenters. The Hall–Kier alpha value is -1.39. The van der Waals surface area contributed by atoms with Gasteiger partial charge in [0.15, 0.2) is 0 Å². The van der Waals surface area contributed by atoms with Gasteiger partial charge in [-0.05, 0) is 54.9 Å². The van der Waals surface area contributed by atoms with E-state index in [0.717, 1.165) is 22.3 Å². The lowest BCUT2D eigenvalue weighted by Gasteiger charge is -2.23. The highest BCUT2D eigenvalue weighted by Gasteiger charge is 2.09. The van der Waals surface area contributed by atoms with Crippen molar-refractivity contribution in [1.29, 1.82) is 0 Å². The van der Waals surface area contributed by atoms with Crippen molar-refractivity contribution in [2.45, 2.75) is 6.42 Å². The molecule has 0 aliphatic heterocycles. The van der Waals surface area contributed by atoms with Gasteiger partial charge in [-0.15, -0.1) is 0 Å². The summed E-state index contributed by atoms with van der Waals surface area (Å²) in [5.74, 6) is -0.228. The number of anilines is 2. The van der Waals surface area contributed by atoms with Gasteiger partial charge in [0.05, 0.1) is 0 Å². The fraction of sp³-hybridized carbons (Fsp3) is 0.200. The van der Waals surface area contributed by atoms with Crippen LogP contribution in [0.15, 0.2) is 46.9 Å². The fourth-order valence-electron chi connectivity index (χ4n) is 2.02. The van der Waals surface area contributed by atoms with E-state index in [-0.39, 0.29) is 5.82 Å². The highest BCUT2D eigenvalue weighted by atomic mass is 79.9. The van der Waals surface area contributed by atoms with Crippen LogP contribution in [0.5, 0.6) is 0 Å². The summed E-state index contributed by atoms with van der Waals surface area (Å²) in [4.78, 5) is 2.04. The van der Waals surface area contributed by atoms with Crippen molar-refractivity contribution in [3.8, 4) is 0 Å². The van der Waals surface area contributed by atoms with Crippen LogP contribution in [0.2, 0.25) is 0 Å². The van der Waals surface area contributed by atoms with Crippen LogP contribution in [-0.2, 0) is 6.42 Å². The summed E-state index contributed by atoms with van der Waals surface area (Å²) in [6, 6.07) is 12.6. The van der Waals surface area contributed by atoms with E-state index >= 15 is 0 Å². The molecular weight excluding hydrogens is 307 g/mol. The van der Waals surface area contributed by atoms with Crippen LogP contribution < -0.4 is 10.6 Å². The summed E-state index contributed by atoms with van der Waals surface area (Å²) >= 11 is 3.48. The normalized spacial score (nSPS) is 10.5. The number of nitrogens with two attached hydrogens (primary N) is 1. The second-order valence-electron chi connectivity index (χ2n) is 4.35. The summed E-state index contributed by atoms with van der Waals surface area (Å²) in [6.45, 7) is 0.603. The van der Waals surface area contributed by atoms with E-state index in [2.05, 4.69) is 22.0 Å². The molecule has 0 aliphatic rings. The topological polar surface area (TPSA) is 29.3 Å².